The Morgan fingerprint density at radius 1 is 0.815 bits per heavy atom. The Hall–Kier alpha value is -3.81. The van der Waals surface area contributed by atoms with Gasteiger partial charge < -0.3 is 15.6 Å². The molecule has 0 aliphatic rings. The number of rotatable bonds is 4. The molecule has 27 heavy (non-hydrogen) atoms. The first-order chi connectivity index (χ1) is 12.9. The lowest BCUT2D eigenvalue weighted by Crippen LogP contribution is -2.22. The molecule has 3 aromatic rings. The average molecular weight is 363 g/mol. The molecule has 3 heterocycles. The number of amides is 2. The highest BCUT2D eigenvalue weighted by atomic mass is 16.2. The lowest BCUT2D eigenvalue weighted by Gasteiger charge is -2.08. The Morgan fingerprint density at radius 3 is 1.67 bits per heavy atom. The molecule has 0 spiro atoms. The molecule has 0 bridgehead atoms. The smallest absolute Gasteiger partial charge is 0.273 e. The molecule has 3 rings (SSSR count). The number of aromatic amines is 1. The number of H-pyrrole nitrogens is 1. The fraction of sp³-hybridized carbons (Fsp3) is 0.105. The Morgan fingerprint density at radius 2 is 1.26 bits per heavy atom. The van der Waals surface area contributed by atoms with Crippen molar-refractivity contribution in [3.63, 3.8) is 0 Å². The van der Waals surface area contributed by atoms with Crippen LogP contribution in [0.3, 0.4) is 0 Å². The third-order valence-corrected chi connectivity index (χ3v) is 3.59. The van der Waals surface area contributed by atoms with E-state index in [0.717, 1.165) is 23.5 Å². The predicted molar refractivity (Wildman–Crippen MR) is 101 cm³/mol. The zero-order valence-corrected chi connectivity index (χ0v) is 14.7. The van der Waals surface area contributed by atoms with Crippen LogP contribution in [0.2, 0.25) is 0 Å². The number of anilines is 2. The lowest BCUT2D eigenvalue weighted by atomic mass is 10.2. The lowest BCUT2D eigenvalue weighted by molar-refractivity contribution is 0.101. The summed E-state index contributed by atoms with van der Waals surface area (Å²) < 4.78 is 0. The highest BCUT2D eigenvalue weighted by Crippen LogP contribution is 2.08. The first kappa shape index (κ1) is 18.0. The molecule has 3 aromatic heterocycles. The number of nitrogens with one attached hydrogen (secondary N) is 3. The number of carbonyl (C=O) groups is 2. The third-order valence-electron chi connectivity index (χ3n) is 3.59. The Balaban J connectivity index is 1.82. The zero-order valence-electron chi connectivity index (χ0n) is 14.7. The summed E-state index contributed by atoms with van der Waals surface area (Å²) in [6.07, 6.45) is 0. The SMILES string of the molecule is Cc1cccc(NC(=O)c2cc(=O)cc(C(=O)Nc3cccc(C)n3)[nH]2)n1. The maximum Gasteiger partial charge on any atom is 0.273 e. The van der Waals surface area contributed by atoms with Gasteiger partial charge in [0.05, 0.1) is 0 Å². The van der Waals surface area contributed by atoms with Crippen molar-refractivity contribution in [2.75, 3.05) is 10.6 Å². The highest BCUT2D eigenvalue weighted by molar-refractivity contribution is 6.05. The standard InChI is InChI=1S/C19H17N5O3/c1-11-5-3-7-16(20-11)23-18(26)14-9-13(25)10-15(22-14)19(27)24-17-8-4-6-12(2)21-17/h3-10H,1-2H3,(H,22,25)(H,20,23,26)(H,21,24,27). The van der Waals surface area contributed by atoms with Gasteiger partial charge in [0.25, 0.3) is 11.8 Å². The summed E-state index contributed by atoms with van der Waals surface area (Å²) in [5.74, 6) is -0.457. The fourth-order valence-corrected chi connectivity index (χ4v) is 2.38. The summed E-state index contributed by atoms with van der Waals surface area (Å²) in [6.45, 7) is 3.59. The predicted octanol–water partition coefficient (Wildman–Crippen LogP) is 2.29. The minimum Gasteiger partial charge on any atom is -0.346 e. The van der Waals surface area contributed by atoms with Gasteiger partial charge in [-0.15, -0.1) is 0 Å². The first-order valence-electron chi connectivity index (χ1n) is 8.15. The molecular weight excluding hydrogens is 346 g/mol. The Kier molecular flexibility index (Phi) is 5.07. The minimum absolute atomic E-state index is 0.0480. The molecule has 0 unspecified atom stereocenters. The van der Waals surface area contributed by atoms with E-state index in [1.807, 2.05) is 0 Å². The number of nitrogens with zero attached hydrogens (tertiary/aromatic N) is 2. The second-order valence-electron chi connectivity index (χ2n) is 5.88. The van der Waals surface area contributed by atoms with Gasteiger partial charge in [0.15, 0.2) is 5.43 Å². The van der Waals surface area contributed by atoms with Gasteiger partial charge in [-0.25, -0.2) is 9.97 Å². The van der Waals surface area contributed by atoms with Crippen LogP contribution in [0.5, 0.6) is 0 Å². The molecule has 136 valence electrons. The quantitative estimate of drug-likeness (QED) is 0.657. The molecule has 0 saturated heterocycles. The molecule has 0 aliphatic heterocycles. The second kappa shape index (κ2) is 7.61. The van der Waals surface area contributed by atoms with Crippen molar-refractivity contribution < 1.29 is 9.59 Å². The van der Waals surface area contributed by atoms with Crippen molar-refractivity contribution in [1.29, 1.82) is 0 Å². The van der Waals surface area contributed by atoms with Gasteiger partial charge in [-0.05, 0) is 38.1 Å². The highest BCUT2D eigenvalue weighted by Gasteiger charge is 2.14. The number of carbonyl (C=O) groups excluding carboxylic acids is 2. The van der Waals surface area contributed by atoms with Gasteiger partial charge in [0.2, 0.25) is 0 Å². The molecule has 0 saturated carbocycles. The monoisotopic (exact) mass is 363 g/mol. The van der Waals surface area contributed by atoms with Gasteiger partial charge in [-0.2, -0.15) is 0 Å². The summed E-state index contributed by atoms with van der Waals surface area (Å²) in [5.41, 5.74) is 0.903. The van der Waals surface area contributed by atoms with Crippen molar-refractivity contribution in [3.8, 4) is 0 Å². The number of pyridine rings is 3. The van der Waals surface area contributed by atoms with E-state index in [2.05, 4.69) is 25.6 Å². The van der Waals surface area contributed by atoms with Crippen molar-refractivity contribution in [2.45, 2.75) is 13.8 Å². The molecule has 0 radical (unpaired) electrons. The van der Waals surface area contributed by atoms with E-state index in [4.69, 9.17) is 0 Å². The Bertz CT molecular complexity index is 994. The molecule has 0 atom stereocenters. The topological polar surface area (TPSA) is 117 Å². The van der Waals surface area contributed by atoms with E-state index in [1.165, 1.54) is 0 Å². The van der Waals surface area contributed by atoms with Crippen molar-refractivity contribution in [2.24, 2.45) is 0 Å². The summed E-state index contributed by atoms with van der Waals surface area (Å²) in [5, 5.41) is 5.17. The van der Waals surface area contributed by atoms with E-state index >= 15 is 0 Å². The molecule has 3 N–H and O–H groups in total. The van der Waals surface area contributed by atoms with Crippen molar-refractivity contribution >= 4 is 23.5 Å². The average Bonchev–Trinajstić information content (AvgIpc) is 2.61. The molecule has 0 aliphatic carbocycles. The molecule has 8 heteroatoms. The Labute approximate surface area is 154 Å². The number of hydrogen-bond donors (Lipinski definition) is 3. The summed E-state index contributed by atoms with van der Waals surface area (Å²) in [6, 6.07) is 12.6. The number of aromatic nitrogens is 3. The summed E-state index contributed by atoms with van der Waals surface area (Å²) >= 11 is 0. The van der Waals surface area contributed by atoms with E-state index in [1.54, 1.807) is 50.2 Å². The maximum absolute atomic E-state index is 12.4. The van der Waals surface area contributed by atoms with E-state index in [9.17, 15) is 14.4 Å². The first-order valence-corrected chi connectivity index (χ1v) is 8.15. The molecule has 0 aromatic carbocycles. The van der Waals surface area contributed by atoms with E-state index in [0.29, 0.717) is 11.6 Å². The third kappa shape index (κ3) is 4.63. The summed E-state index contributed by atoms with van der Waals surface area (Å²) in [4.78, 5) is 47.7. The van der Waals surface area contributed by atoms with Crippen LogP contribution in [0, 0.1) is 13.8 Å². The maximum atomic E-state index is 12.4. The normalized spacial score (nSPS) is 10.3. The fourth-order valence-electron chi connectivity index (χ4n) is 2.38. The van der Waals surface area contributed by atoms with Gasteiger partial charge in [0.1, 0.15) is 23.0 Å². The van der Waals surface area contributed by atoms with Crippen LogP contribution in [0.1, 0.15) is 32.4 Å². The van der Waals surface area contributed by atoms with Crippen LogP contribution in [0.15, 0.2) is 53.3 Å². The minimum atomic E-state index is -0.575. The van der Waals surface area contributed by atoms with Crippen LogP contribution in [0.25, 0.3) is 0 Å². The van der Waals surface area contributed by atoms with Gasteiger partial charge in [0, 0.05) is 23.5 Å². The van der Waals surface area contributed by atoms with Gasteiger partial charge in [-0.3, -0.25) is 14.4 Å². The second-order valence-corrected chi connectivity index (χ2v) is 5.88. The van der Waals surface area contributed by atoms with E-state index < -0.39 is 17.2 Å². The molecular formula is C19H17N5O3. The number of hydrogen-bond acceptors (Lipinski definition) is 5. The number of aryl methyl sites for hydroxylation is 2. The van der Waals surface area contributed by atoms with Crippen LogP contribution in [-0.4, -0.2) is 26.8 Å². The van der Waals surface area contributed by atoms with Crippen molar-refractivity contribution in [1.82, 2.24) is 15.0 Å². The van der Waals surface area contributed by atoms with Crippen molar-refractivity contribution in [3.05, 3.63) is 81.5 Å². The van der Waals surface area contributed by atoms with Crippen LogP contribution >= 0.6 is 0 Å². The van der Waals surface area contributed by atoms with Crippen LogP contribution in [-0.2, 0) is 0 Å². The van der Waals surface area contributed by atoms with Gasteiger partial charge in [-0.1, -0.05) is 12.1 Å². The molecule has 0 fully saturated rings. The van der Waals surface area contributed by atoms with Gasteiger partial charge >= 0.3 is 0 Å². The molecule has 2 amide bonds. The van der Waals surface area contributed by atoms with E-state index in [-0.39, 0.29) is 11.4 Å². The van der Waals surface area contributed by atoms with Crippen LogP contribution < -0.4 is 16.1 Å². The summed E-state index contributed by atoms with van der Waals surface area (Å²) in [7, 11) is 0. The molecule has 8 nitrogen and oxygen atoms in total. The largest absolute Gasteiger partial charge is 0.346 e. The van der Waals surface area contributed by atoms with Crippen LogP contribution in [0.4, 0.5) is 11.6 Å². The zero-order chi connectivity index (χ0) is 19.4.